The van der Waals surface area contributed by atoms with Gasteiger partial charge in [0.05, 0.1) is 5.69 Å². The Morgan fingerprint density at radius 1 is 0.955 bits per heavy atom. The van der Waals surface area contributed by atoms with Gasteiger partial charge in [0.1, 0.15) is 0 Å². The summed E-state index contributed by atoms with van der Waals surface area (Å²) in [5, 5.41) is 5.64. The summed E-state index contributed by atoms with van der Waals surface area (Å²) in [5.74, 6) is -1.41. The largest absolute Gasteiger partial charge is 0.317 e. The van der Waals surface area contributed by atoms with Crippen molar-refractivity contribution in [1.29, 1.82) is 0 Å². The first-order valence-corrected chi connectivity index (χ1v) is 7.73. The van der Waals surface area contributed by atoms with Crippen molar-refractivity contribution in [3.8, 4) is 0 Å². The molecule has 2 aromatic rings. The number of hydrogen-bond acceptors (Lipinski definition) is 4. The number of hydrogen-bond donors (Lipinski definition) is 2. The highest BCUT2D eigenvalue weighted by Gasteiger charge is 2.18. The molecule has 116 valence electrons. The molecule has 0 atom stereocenters. The van der Waals surface area contributed by atoms with Gasteiger partial charge in [0.25, 0.3) is 0 Å². The van der Waals surface area contributed by atoms with Crippen LogP contribution in [-0.2, 0) is 9.59 Å². The molecule has 0 spiro atoms. The SMILES string of the molecule is Cc1cc(C)c(NC(=O)C(=O)Nc2nc(C)c(C)s2)c(C)c1. The van der Waals surface area contributed by atoms with Gasteiger partial charge in [0.15, 0.2) is 5.13 Å². The fourth-order valence-corrected chi connectivity index (χ4v) is 3.04. The van der Waals surface area contributed by atoms with Gasteiger partial charge in [-0.1, -0.05) is 17.7 Å². The molecule has 5 nitrogen and oxygen atoms in total. The zero-order chi connectivity index (χ0) is 16.4. The van der Waals surface area contributed by atoms with E-state index < -0.39 is 11.8 Å². The van der Waals surface area contributed by atoms with Crippen LogP contribution in [0.15, 0.2) is 12.1 Å². The van der Waals surface area contributed by atoms with Crippen LogP contribution in [-0.4, -0.2) is 16.8 Å². The number of carbonyl (C=O) groups excluding carboxylic acids is 2. The Kier molecular flexibility index (Phi) is 4.61. The first kappa shape index (κ1) is 16.2. The molecule has 0 unspecified atom stereocenters. The fourth-order valence-electron chi connectivity index (χ4n) is 2.23. The third kappa shape index (κ3) is 3.51. The van der Waals surface area contributed by atoms with Crippen LogP contribution in [0.1, 0.15) is 27.3 Å². The third-order valence-electron chi connectivity index (χ3n) is 3.37. The van der Waals surface area contributed by atoms with Gasteiger partial charge < -0.3 is 5.32 Å². The van der Waals surface area contributed by atoms with Gasteiger partial charge in [0.2, 0.25) is 0 Å². The van der Waals surface area contributed by atoms with Gasteiger partial charge in [-0.05, 0) is 45.7 Å². The molecular formula is C16H19N3O2S. The summed E-state index contributed by atoms with van der Waals surface area (Å²) in [6.45, 7) is 9.58. The molecule has 6 heteroatoms. The van der Waals surface area contributed by atoms with Gasteiger partial charge in [0, 0.05) is 10.6 Å². The topological polar surface area (TPSA) is 71.1 Å². The van der Waals surface area contributed by atoms with E-state index in [1.807, 2.05) is 46.8 Å². The van der Waals surface area contributed by atoms with Crippen LogP contribution in [0.3, 0.4) is 0 Å². The van der Waals surface area contributed by atoms with Gasteiger partial charge >= 0.3 is 11.8 Å². The van der Waals surface area contributed by atoms with Crippen molar-refractivity contribution in [3.63, 3.8) is 0 Å². The lowest BCUT2D eigenvalue weighted by Gasteiger charge is -2.12. The van der Waals surface area contributed by atoms with Gasteiger partial charge in [-0.25, -0.2) is 4.98 Å². The van der Waals surface area contributed by atoms with Crippen LogP contribution in [0.2, 0.25) is 0 Å². The van der Waals surface area contributed by atoms with Gasteiger partial charge in [-0.3, -0.25) is 14.9 Å². The number of anilines is 2. The fraction of sp³-hybridized carbons (Fsp3) is 0.312. The van der Waals surface area contributed by atoms with Crippen molar-refractivity contribution >= 4 is 34.0 Å². The number of carbonyl (C=O) groups is 2. The highest BCUT2D eigenvalue weighted by atomic mass is 32.1. The van der Waals surface area contributed by atoms with Crippen LogP contribution >= 0.6 is 11.3 Å². The van der Waals surface area contributed by atoms with E-state index in [0.717, 1.165) is 27.3 Å². The minimum atomic E-state index is -0.715. The highest BCUT2D eigenvalue weighted by Crippen LogP contribution is 2.23. The van der Waals surface area contributed by atoms with E-state index in [-0.39, 0.29) is 0 Å². The molecule has 1 aromatic carbocycles. The Bertz CT molecular complexity index is 707. The molecule has 22 heavy (non-hydrogen) atoms. The molecule has 2 rings (SSSR count). The second-order valence-corrected chi connectivity index (χ2v) is 6.55. The Morgan fingerprint density at radius 3 is 2.00 bits per heavy atom. The number of benzene rings is 1. The Balaban J connectivity index is 2.10. The molecule has 0 aliphatic rings. The van der Waals surface area contributed by atoms with E-state index >= 15 is 0 Å². The minimum absolute atomic E-state index is 0.438. The van der Waals surface area contributed by atoms with E-state index in [1.165, 1.54) is 11.3 Å². The Hall–Kier alpha value is -2.21. The van der Waals surface area contributed by atoms with E-state index in [9.17, 15) is 9.59 Å². The Labute approximate surface area is 133 Å². The van der Waals surface area contributed by atoms with Crippen molar-refractivity contribution < 1.29 is 9.59 Å². The molecular weight excluding hydrogens is 298 g/mol. The second kappa shape index (κ2) is 6.27. The lowest BCUT2D eigenvalue weighted by molar-refractivity contribution is -0.133. The zero-order valence-corrected chi connectivity index (χ0v) is 14.1. The average molecular weight is 317 g/mol. The molecule has 0 saturated carbocycles. The molecule has 2 N–H and O–H groups in total. The normalized spacial score (nSPS) is 10.4. The lowest BCUT2D eigenvalue weighted by Crippen LogP contribution is -2.29. The number of amides is 2. The number of aryl methyl sites for hydroxylation is 5. The smallest absolute Gasteiger partial charge is 0.315 e. The highest BCUT2D eigenvalue weighted by molar-refractivity contribution is 7.15. The van der Waals surface area contributed by atoms with Gasteiger partial charge in [-0.2, -0.15) is 0 Å². The van der Waals surface area contributed by atoms with Crippen LogP contribution in [0.4, 0.5) is 10.8 Å². The van der Waals surface area contributed by atoms with Crippen LogP contribution in [0, 0.1) is 34.6 Å². The molecule has 0 saturated heterocycles. The van der Waals surface area contributed by atoms with Crippen LogP contribution < -0.4 is 10.6 Å². The van der Waals surface area contributed by atoms with Crippen LogP contribution in [0.5, 0.6) is 0 Å². The van der Waals surface area contributed by atoms with Crippen LogP contribution in [0.25, 0.3) is 0 Å². The number of nitrogens with one attached hydrogen (secondary N) is 2. The average Bonchev–Trinajstić information content (AvgIpc) is 2.72. The molecule has 0 bridgehead atoms. The second-order valence-electron chi connectivity index (χ2n) is 5.34. The van der Waals surface area contributed by atoms with Crippen molar-refractivity contribution in [3.05, 3.63) is 39.4 Å². The van der Waals surface area contributed by atoms with Crippen molar-refractivity contribution in [2.24, 2.45) is 0 Å². The first-order valence-electron chi connectivity index (χ1n) is 6.92. The predicted octanol–water partition coefficient (Wildman–Crippen LogP) is 3.26. The standard InChI is InChI=1S/C16H19N3O2S/c1-8-6-9(2)13(10(3)7-8)18-14(20)15(21)19-16-17-11(4)12(5)22-16/h6-7H,1-5H3,(H,18,20)(H,17,19,21). The maximum absolute atomic E-state index is 12.1. The zero-order valence-electron chi connectivity index (χ0n) is 13.3. The van der Waals surface area contributed by atoms with Crippen molar-refractivity contribution in [1.82, 2.24) is 4.98 Å². The maximum atomic E-state index is 12.1. The molecule has 0 aliphatic heterocycles. The number of aromatic nitrogens is 1. The molecule has 1 aromatic heterocycles. The summed E-state index contributed by atoms with van der Waals surface area (Å²) >= 11 is 1.35. The van der Waals surface area contributed by atoms with E-state index in [2.05, 4.69) is 15.6 Å². The number of thiazole rings is 1. The summed E-state index contributed by atoms with van der Waals surface area (Å²) in [5.41, 5.74) is 4.51. The lowest BCUT2D eigenvalue weighted by atomic mass is 10.1. The maximum Gasteiger partial charge on any atom is 0.315 e. The van der Waals surface area contributed by atoms with Gasteiger partial charge in [-0.15, -0.1) is 11.3 Å². The van der Waals surface area contributed by atoms with E-state index in [4.69, 9.17) is 0 Å². The number of nitrogens with zero attached hydrogens (tertiary/aromatic N) is 1. The summed E-state index contributed by atoms with van der Waals surface area (Å²) in [7, 11) is 0. The predicted molar refractivity (Wildman–Crippen MR) is 89.5 cm³/mol. The summed E-state index contributed by atoms with van der Waals surface area (Å²) in [4.78, 5) is 29.2. The minimum Gasteiger partial charge on any atom is -0.317 e. The molecule has 2 amide bonds. The van der Waals surface area contributed by atoms with E-state index in [0.29, 0.717) is 10.8 Å². The van der Waals surface area contributed by atoms with Crippen molar-refractivity contribution in [2.75, 3.05) is 10.6 Å². The quantitative estimate of drug-likeness (QED) is 0.835. The summed E-state index contributed by atoms with van der Waals surface area (Å²) < 4.78 is 0. The molecule has 0 fully saturated rings. The molecule has 1 heterocycles. The summed E-state index contributed by atoms with van der Waals surface area (Å²) in [6.07, 6.45) is 0. The Morgan fingerprint density at radius 2 is 1.50 bits per heavy atom. The molecule has 0 aliphatic carbocycles. The van der Waals surface area contributed by atoms with E-state index in [1.54, 1.807) is 0 Å². The molecule has 0 radical (unpaired) electrons. The van der Waals surface area contributed by atoms with Crippen molar-refractivity contribution in [2.45, 2.75) is 34.6 Å². The third-order valence-corrected chi connectivity index (χ3v) is 4.36. The monoisotopic (exact) mass is 317 g/mol. The number of rotatable bonds is 2. The first-order chi connectivity index (χ1) is 10.3. The summed E-state index contributed by atoms with van der Waals surface area (Å²) in [6, 6.07) is 3.93.